The number of nitrogens with zero attached hydrogens (tertiary/aromatic N) is 3. The fourth-order valence-electron chi connectivity index (χ4n) is 2.86. The summed E-state index contributed by atoms with van der Waals surface area (Å²) in [6.07, 6.45) is 3.11. The lowest BCUT2D eigenvalue weighted by molar-refractivity contribution is 0.0692. The van der Waals surface area contributed by atoms with E-state index in [0.29, 0.717) is 46.8 Å². The third-order valence-corrected chi connectivity index (χ3v) is 7.41. The summed E-state index contributed by atoms with van der Waals surface area (Å²) >= 11 is 6.25. The van der Waals surface area contributed by atoms with Crippen LogP contribution in [0, 0.1) is 0 Å². The number of benzene rings is 1. The minimum absolute atomic E-state index is 0.0847. The van der Waals surface area contributed by atoms with Gasteiger partial charge < -0.3 is 19.3 Å². The molecule has 0 aliphatic carbocycles. The molecule has 0 amide bonds. The first kappa shape index (κ1) is 23.9. The lowest BCUT2D eigenvalue weighted by atomic mass is 10.1. The highest BCUT2D eigenvalue weighted by atomic mass is 35.5. The third-order valence-electron chi connectivity index (χ3n) is 4.48. The number of carboxylic acid groups (broad SMARTS) is 1. The second-order valence-electron chi connectivity index (χ2n) is 7.77. The fraction of sp³-hybridized carbons (Fsp3) is 0.381. The Morgan fingerprint density at radius 2 is 2.06 bits per heavy atom. The molecule has 31 heavy (non-hydrogen) atoms. The lowest BCUT2D eigenvalue weighted by Gasteiger charge is -2.31. The van der Waals surface area contributed by atoms with Crippen LogP contribution in [-0.4, -0.2) is 57.9 Å². The highest BCUT2D eigenvalue weighted by Crippen LogP contribution is 2.40. The molecule has 2 heterocycles. The number of ether oxygens (including phenoxy) is 1. The normalized spacial score (nSPS) is 16.0. The zero-order valence-electron chi connectivity index (χ0n) is 17.5. The van der Waals surface area contributed by atoms with Gasteiger partial charge in [-0.05, 0) is 45.0 Å². The van der Waals surface area contributed by atoms with E-state index in [1.807, 2.05) is 26.8 Å². The van der Waals surface area contributed by atoms with Gasteiger partial charge in [-0.2, -0.15) is 0 Å². The topological polar surface area (TPSA) is 98.1 Å². The number of pyridine rings is 1. The number of hydrogen-bond donors (Lipinski definition) is 1. The third kappa shape index (κ3) is 5.93. The van der Waals surface area contributed by atoms with Gasteiger partial charge in [-0.25, -0.2) is 9.78 Å². The summed E-state index contributed by atoms with van der Waals surface area (Å²) in [7, 11) is 0. The molecule has 0 saturated carbocycles. The molecule has 0 bridgehead atoms. The number of morpholine rings is 1. The maximum atomic E-state index is 12.6. The molecule has 2 aromatic rings. The summed E-state index contributed by atoms with van der Waals surface area (Å²) in [5.41, 5.74) is 1.64. The summed E-state index contributed by atoms with van der Waals surface area (Å²) < 4.78 is 21.8. The van der Waals surface area contributed by atoms with Crippen molar-refractivity contribution in [1.82, 2.24) is 4.98 Å². The van der Waals surface area contributed by atoms with E-state index in [4.69, 9.17) is 16.3 Å². The molecule has 0 spiro atoms. The van der Waals surface area contributed by atoms with Crippen LogP contribution in [0.3, 0.4) is 0 Å². The molecule has 1 fully saturated rings. The Labute approximate surface area is 194 Å². The van der Waals surface area contributed by atoms with Crippen LogP contribution in [0.1, 0.15) is 36.7 Å². The molecule has 7 nitrogen and oxygen atoms in total. The SMILES string of the molecule is CC(C)(C)[S+]([O-])N=Cc1c(N2CCOCC2)ccc(Cl)c1Sc1ncccc1C(=O)O. The van der Waals surface area contributed by atoms with Gasteiger partial charge in [-0.1, -0.05) is 27.8 Å². The Hall–Kier alpha value is -1.78. The van der Waals surface area contributed by atoms with Crippen molar-refractivity contribution in [2.75, 3.05) is 31.2 Å². The largest absolute Gasteiger partial charge is 0.591 e. The first-order chi connectivity index (χ1) is 14.7. The molecular formula is C21H24ClN3O4S2. The van der Waals surface area contributed by atoms with Crippen LogP contribution in [0.25, 0.3) is 0 Å². The lowest BCUT2D eigenvalue weighted by Crippen LogP contribution is -2.37. The van der Waals surface area contributed by atoms with Crippen molar-refractivity contribution in [1.29, 1.82) is 0 Å². The van der Waals surface area contributed by atoms with Crippen molar-refractivity contribution in [3.8, 4) is 0 Å². The van der Waals surface area contributed by atoms with E-state index >= 15 is 0 Å². The summed E-state index contributed by atoms with van der Waals surface area (Å²) in [5, 5.41) is 10.3. The van der Waals surface area contributed by atoms with Gasteiger partial charge in [0.05, 0.1) is 30.0 Å². The Morgan fingerprint density at radius 1 is 1.35 bits per heavy atom. The van der Waals surface area contributed by atoms with E-state index < -0.39 is 22.1 Å². The zero-order valence-corrected chi connectivity index (χ0v) is 19.9. The van der Waals surface area contributed by atoms with Crippen LogP contribution in [0.4, 0.5) is 5.69 Å². The van der Waals surface area contributed by atoms with E-state index in [0.717, 1.165) is 17.4 Å². The predicted molar refractivity (Wildman–Crippen MR) is 125 cm³/mol. The monoisotopic (exact) mass is 481 g/mol. The van der Waals surface area contributed by atoms with Crippen molar-refractivity contribution in [3.63, 3.8) is 0 Å². The van der Waals surface area contributed by atoms with Crippen molar-refractivity contribution in [3.05, 3.63) is 46.6 Å². The van der Waals surface area contributed by atoms with Crippen molar-refractivity contribution >= 4 is 52.6 Å². The molecule has 1 aromatic carbocycles. The van der Waals surface area contributed by atoms with Crippen molar-refractivity contribution < 1.29 is 19.2 Å². The Balaban J connectivity index is 2.11. The van der Waals surface area contributed by atoms with E-state index in [2.05, 4.69) is 14.3 Å². The highest BCUT2D eigenvalue weighted by Gasteiger charge is 2.27. The molecule has 1 N–H and O–H groups in total. The van der Waals surface area contributed by atoms with Crippen LogP contribution < -0.4 is 4.90 Å². The zero-order chi connectivity index (χ0) is 22.6. The smallest absolute Gasteiger partial charge is 0.338 e. The number of carboxylic acids is 1. The highest BCUT2D eigenvalue weighted by molar-refractivity contribution is 7.99. The van der Waals surface area contributed by atoms with Gasteiger partial charge in [0.25, 0.3) is 0 Å². The van der Waals surface area contributed by atoms with Gasteiger partial charge in [-0.3, -0.25) is 0 Å². The van der Waals surface area contributed by atoms with E-state index in [1.165, 1.54) is 12.3 Å². The van der Waals surface area contributed by atoms with Crippen LogP contribution >= 0.6 is 23.4 Å². The van der Waals surface area contributed by atoms with Crippen molar-refractivity contribution in [2.45, 2.75) is 35.4 Å². The molecule has 1 unspecified atom stereocenters. The van der Waals surface area contributed by atoms with Gasteiger partial charge in [-0.15, -0.1) is 0 Å². The first-order valence-corrected chi connectivity index (χ1v) is 12.0. The average Bonchev–Trinajstić information content (AvgIpc) is 2.74. The summed E-state index contributed by atoms with van der Waals surface area (Å²) in [6, 6.07) is 6.75. The van der Waals surface area contributed by atoms with Crippen LogP contribution in [0.15, 0.2) is 44.8 Å². The van der Waals surface area contributed by atoms with E-state index in [-0.39, 0.29) is 5.56 Å². The maximum Gasteiger partial charge on any atom is 0.338 e. The summed E-state index contributed by atoms with van der Waals surface area (Å²) in [4.78, 5) is 18.7. The van der Waals surface area contributed by atoms with Gasteiger partial charge in [0.1, 0.15) is 21.1 Å². The molecule has 0 radical (unpaired) electrons. The van der Waals surface area contributed by atoms with Crippen LogP contribution in [0.5, 0.6) is 0 Å². The number of hydrogen-bond acceptors (Lipinski definition) is 7. The quantitative estimate of drug-likeness (QED) is 0.485. The minimum atomic E-state index is -1.46. The van der Waals surface area contributed by atoms with E-state index in [9.17, 15) is 14.5 Å². The van der Waals surface area contributed by atoms with Crippen LogP contribution in [-0.2, 0) is 16.1 Å². The number of rotatable bonds is 6. The molecule has 1 aromatic heterocycles. The molecular weight excluding hydrogens is 458 g/mol. The molecule has 10 heteroatoms. The van der Waals surface area contributed by atoms with Crippen molar-refractivity contribution in [2.24, 2.45) is 4.40 Å². The average molecular weight is 482 g/mol. The number of aromatic carboxylic acids is 1. The Morgan fingerprint density at radius 3 is 2.71 bits per heavy atom. The predicted octanol–water partition coefficient (Wildman–Crippen LogP) is 4.30. The number of aromatic nitrogens is 1. The minimum Gasteiger partial charge on any atom is -0.591 e. The van der Waals surface area contributed by atoms with Gasteiger partial charge in [0.2, 0.25) is 0 Å². The van der Waals surface area contributed by atoms with E-state index in [1.54, 1.807) is 18.3 Å². The van der Waals surface area contributed by atoms with Crippen LogP contribution in [0.2, 0.25) is 5.02 Å². The second-order valence-corrected chi connectivity index (χ2v) is 11.1. The number of halogens is 1. The second kappa shape index (κ2) is 10.2. The molecule has 1 aliphatic rings. The maximum absolute atomic E-state index is 12.6. The standard InChI is InChI=1S/C21H24ClN3O4S2/c1-21(2,3)31(28)24-13-15-17(25-9-11-29-12-10-25)7-6-16(22)18(15)30-19-14(20(26)27)5-4-8-23-19/h4-8,13H,9-12H2,1-3H3,(H,26,27). The molecule has 1 saturated heterocycles. The summed E-state index contributed by atoms with van der Waals surface area (Å²) in [5.74, 6) is -1.07. The summed E-state index contributed by atoms with van der Waals surface area (Å²) in [6.45, 7) is 8.13. The molecule has 166 valence electrons. The van der Waals surface area contributed by atoms with Gasteiger partial charge >= 0.3 is 5.97 Å². The Bertz CT molecular complexity index is 976. The number of carbonyl (C=O) groups is 1. The first-order valence-electron chi connectivity index (χ1n) is 9.66. The fourth-order valence-corrected chi connectivity index (χ4v) is 4.66. The number of anilines is 1. The van der Waals surface area contributed by atoms with Gasteiger partial charge in [0.15, 0.2) is 0 Å². The Kier molecular flexibility index (Phi) is 7.87. The molecule has 3 rings (SSSR count). The molecule has 1 aliphatic heterocycles. The van der Waals surface area contributed by atoms with Gasteiger partial charge in [0, 0.05) is 35.4 Å². The molecule has 1 atom stereocenters.